The van der Waals surface area contributed by atoms with Gasteiger partial charge in [-0.3, -0.25) is 0 Å². The predicted molar refractivity (Wildman–Crippen MR) is 86.3 cm³/mol. The monoisotopic (exact) mass is 273 g/mol. The fourth-order valence-corrected chi connectivity index (χ4v) is 2.66. The summed E-state index contributed by atoms with van der Waals surface area (Å²) in [5.41, 5.74) is 5.02. The van der Waals surface area contributed by atoms with Crippen molar-refractivity contribution in [2.24, 2.45) is 5.92 Å². The Morgan fingerprint density at radius 1 is 1.05 bits per heavy atom. The molecule has 1 heterocycles. The first-order valence-electron chi connectivity index (χ1n) is 7.63. The van der Waals surface area contributed by atoms with Crippen molar-refractivity contribution in [3.63, 3.8) is 0 Å². The van der Waals surface area contributed by atoms with E-state index in [0.29, 0.717) is 11.8 Å². The lowest BCUT2D eigenvalue weighted by atomic mass is 9.97. The van der Waals surface area contributed by atoms with Crippen LogP contribution < -0.4 is 5.32 Å². The molecule has 0 amide bonds. The fraction of sp³-hybridized carbons (Fsp3) is 0.556. The maximum Gasteiger partial charge on any atom is 0.134 e. The first-order valence-corrected chi connectivity index (χ1v) is 7.63. The molecule has 2 nitrogen and oxygen atoms in total. The Hall–Kier alpha value is -1.28. The second kappa shape index (κ2) is 6.01. The molecule has 0 fully saturated rings. The van der Waals surface area contributed by atoms with E-state index in [0.717, 1.165) is 24.4 Å². The van der Waals surface area contributed by atoms with Crippen LogP contribution in [0.15, 0.2) is 16.5 Å². The highest BCUT2D eigenvalue weighted by atomic mass is 16.3. The number of hydrogen-bond donors (Lipinski definition) is 1. The van der Waals surface area contributed by atoms with E-state index >= 15 is 0 Å². The molecule has 0 aliphatic heterocycles. The molecule has 2 aromatic rings. The van der Waals surface area contributed by atoms with E-state index in [4.69, 9.17) is 4.42 Å². The zero-order valence-corrected chi connectivity index (χ0v) is 13.6. The lowest BCUT2D eigenvalue weighted by Crippen LogP contribution is -2.19. The molecular formula is C18H27NO. The van der Waals surface area contributed by atoms with Crippen molar-refractivity contribution in [2.75, 3.05) is 6.54 Å². The van der Waals surface area contributed by atoms with Gasteiger partial charge in [0.2, 0.25) is 0 Å². The molecule has 110 valence electrons. The number of hydrogen-bond acceptors (Lipinski definition) is 2. The van der Waals surface area contributed by atoms with E-state index in [1.54, 1.807) is 0 Å². The van der Waals surface area contributed by atoms with Crippen LogP contribution in [-0.2, 0) is 6.54 Å². The van der Waals surface area contributed by atoms with Crippen LogP contribution in [-0.4, -0.2) is 6.54 Å². The molecule has 0 aliphatic rings. The van der Waals surface area contributed by atoms with Crippen LogP contribution in [0.1, 0.15) is 56.1 Å². The van der Waals surface area contributed by atoms with Gasteiger partial charge in [0.05, 0.1) is 6.54 Å². The number of aryl methyl sites for hydroxylation is 2. The maximum absolute atomic E-state index is 6.12. The first-order chi connectivity index (χ1) is 9.40. The zero-order valence-electron chi connectivity index (χ0n) is 13.6. The van der Waals surface area contributed by atoms with Gasteiger partial charge in [0.15, 0.2) is 0 Å². The Morgan fingerprint density at radius 2 is 1.70 bits per heavy atom. The summed E-state index contributed by atoms with van der Waals surface area (Å²) >= 11 is 0. The number of nitrogens with one attached hydrogen (secondary N) is 1. The molecule has 1 aromatic carbocycles. The van der Waals surface area contributed by atoms with Crippen LogP contribution >= 0.6 is 0 Å². The average molecular weight is 273 g/mol. The molecule has 2 rings (SSSR count). The molecule has 0 spiro atoms. The quantitative estimate of drug-likeness (QED) is 0.836. The molecule has 0 unspecified atom stereocenters. The standard InChI is InChI=1S/C18H27NO/c1-11(2)9-19-10-17-18(12(3)4)15-7-13(5)14(6)8-16(15)20-17/h7-8,11-12,19H,9-10H2,1-6H3. The van der Waals surface area contributed by atoms with E-state index in [1.165, 1.54) is 22.1 Å². The van der Waals surface area contributed by atoms with Crippen molar-refractivity contribution in [1.82, 2.24) is 5.32 Å². The minimum Gasteiger partial charge on any atom is -0.459 e. The van der Waals surface area contributed by atoms with Crippen LogP contribution in [0.3, 0.4) is 0 Å². The molecule has 1 aromatic heterocycles. The highest BCUT2D eigenvalue weighted by Gasteiger charge is 2.17. The largest absolute Gasteiger partial charge is 0.459 e. The minimum absolute atomic E-state index is 0.481. The molecule has 0 saturated heterocycles. The van der Waals surface area contributed by atoms with Gasteiger partial charge in [0, 0.05) is 10.9 Å². The highest BCUT2D eigenvalue weighted by Crippen LogP contribution is 2.33. The summed E-state index contributed by atoms with van der Waals surface area (Å²) in [5.74, 6) is 2.24. The zero-order chi connectivity index (χ0) is 14.9. The van der Waals surface area contributed by atoms with Gasteiger partial charge in [-0.05, 0) is 55.5 Å². The van der Waals surface area contributed by atoms with Gasteiger partial charge in [-0.15, -0.1) is 0 Å². The van der Waals surface area contributed by atoms with Crippen molar-refractivity contribution in [3.8, 4) is 0 Å². The van der Waals surface area contributed by atoms with E-state index in [1.807, 2.05) is 0 Å². The van der Waals surface area contributed by atoms with Gasteiger partial charge in [-0.1, -0.05) is 27.7 Å². The molecule has 2 heteroatoms. The van der Waals surface area contributed by atoms with Crippen LogP contribution in [0.4, 0.5) is 0 Å². The van der Waals surface area contributed by atoms with Crippen molar-refractivity contribution in [2.45, 2.75) is 54.0 Å². The normalized spacial score (nSPS) is 12.0. The lowest BCUT2D eigenvalue weighted by molar-refractivity contribution is 0.478. The summed E-state index contributed by atoms with van der Waals surface area (Å²) in [6.45, 7) is 15.1. The van der Waals surface area contributed by atoms with Gasteiger partial charge < -0.3 is 9.73 Å². The highest BCUT2D eigenvalue weighted by molar-refractivity contribution is 5.84. The third kappa shape index (κ3) is 3.06. The molecule has 20 heavy (non-hydrogen) atoms. The third-order valence-corrected chi connectivity index (χ3v) is 3.84. The van der Waals surface area contributed by atoms with Crippen molar-refractivity contribution < 1.29 is 4.42 Å². The topological polar surface area (TPSA) is 25.2 Å². The summed E-state index contributed by atoms with van der Waals surface area (Å²) in [5, 5.41) is 4.77. The van der Waals surface area contributed by atoms with E-state index < -0.39 is 0 Å². The summed E-state index contributed by atoms with van der Waals surface area (Å²) in [6, 6.07) is 4.44. The SMILES string of the molecule is Cc1cc2oc(CNCC(C)C)c(C(C)C)c2cc1C. The molecule has 0 saturated carbocycles. The predicted octanol–water partition coefficient (Wildman–Crippen LogP) is 4.92. The number of rotatable bonds is 5. The lowest BCUT2D eigenvalue weighted by Gasteiger charge is -2.09. The summed E-state index contributed by atoms with van der Waals surface area (Å²) in [7, 11) is 0. The second-order valence-electron chi connectivity index (χ2n) is 6.55. The van der Waals surface area contributed by atoms with E-state index in [-0.39, 0.29) is 0 Å². The summed E-state index contributed by atoms with van der Waals surface area (Å²) in [4.78, 5) is 0. The van der Waals surface area contributed by atoms with Crippen LogP contribution in [0, 0.1) is 19.8 Å². The molecule has 1 N–H and O–H groups in total. The van der Waals surface area contributed by atoms with Gasteiger partial charge in [0.1, 0.15) is 11.3 Å². The average Bonchev–Trinajstić information content (AvgIpc) is 2.67. The van der Waals surface area contributed by atoms with E-state index in [9.17, 15) is 0 Å². The number of benzene rings is 1. The summed E-state index contributed by atoms with van der Waals surface area (Å²) < 4.78 is 6.12. The maximum atomic E-state index is 6.12. The Balaban J connectivity index is 2.40. The van der Waals surface area contributed by atoms with Gasteiger partial charge >= 0.3 is 0 Å². The Morgan fingerprint density at radius 3 is 2.30 bits per heavy atom. The Kier molecular flexibility index (Phi) is 4.54. The van der Waals surface area contributed by atoms with Gasteiger partial charge in [0.25, 0.3) is 0 Å². The smallest absolute Gasteiger partial charge is 0.134 e. The molecule has 0 aliphatic carbocycles. The molecule has 0 radical (unpaired) electrons. The second-order valence-corrected chi connectivity index (χ2v) is 6.55. The summed E-state index contributed by atoms with van der Waals surface area (Å²) in [6.07, 6.45) is 0. The first kappa shape index (κ1) is 15.1. The van der Waals surface area contributed by atoms with Gasteiger partial charge in [-0.2, -0.15) is 0 Å². The molecule has 0 bridgehead atoms. The van der Waals surface area contributed by atoms with E-state index in [2.05, 4.69) is 59.0 Å². The van der Waals surface area contributed by atoms with Crippen LogP contribution in [0.2, 0.25) is 0 Å². The molecular weight excluding hydrogens is 246 g/mol. The van der Waals surface area contributed by atoms with Crippen molar-refractivity contribution in [1.29, 1.82) is 0 Å². The van der Waals surface area contributed by atoms with Crippen LogP contribution in [0.5, 0.6) is 0 Å². The Labute approximate surface area is 122 Å². The number of furan rings is 1. The van der Waals surface area contributed by atoms with Crippen LogP contribution in [0.25, 0.3) is 11.0 Å². The van der Waals surface area contributed by atoms with Crippen molar-refractivity contribution in [3.05, 3.63) is 34.6 Å². The number of fused-ring (bicyclic) bond motifs is 1. The third-order valence-electron chi connectivity index (χ3n) is 3.84. The fourth-order valence-electron chi connectivity index (χ4n) is 2.66. The Bertz CT molecular complexity index is 593. The van der Waals surface area contributed by atoms with Gasteiger partial charge in [-0.25, -0.2) is 0 Å². The van der Waals surface area contributed by atoms with Crippen molar-refractivity contribution >= 4 is 11.0 Å². The minimum atomic E-state index is 0.481. The molecule has 0 atom stereocenters.